The fraction of sp³-hybridized carbons (Fsp3) is 0.500. The summed E-state index contributed by atoms with van der Waals surface area (Å²) in [5, 5.41) is 12.2. The largest absolute Gasteiger partial charge is 0.478 e. The van der Waals surface area contributed by atoms with Crippen molar-refractivity contribution in [3.05, 3.63) is 29.6 Å². The summed E-state index contributed by atoms with van der Waals surface area (Å²) in [7, 11) is 2.09. The first-order valence-electron chi connectivity index (χ1n) is 6.51. The monoisotopic (exact) mass is 266 g/mol. The van der Waals surface area contributed by atoms with Crippen LogP contribution in [-0.2, 0) is 0 Å². The minimum absolute atomic E-state index is 0.0100. The Bertz CT molecular complexity index is 465. The van der Waals surface area contributed by atoms with Gasteiger partial charge in [-0.25, -0.2) is 9.18 Å². The highest BCUT2D eigenvalue weighted by Gasteiger charge is 2.18. The quantitative estimate of drug-likeness (QED) is 0.878. The maximum Gasteiger partial charge on any atom is 0.337 e. The van der Waals surface area contributed by atoms with E-state index >= 15 is 0 Å². The number of hydrogen-bond acceptors (Lipinski definition) is 3. The van der Waals surface area contributed by atoms with E-state index in [1.54, 1.807) is 0 Å². The van der Waals surface area contributed by atoms with Crippen LogP contribution in [0, 0.1) is 11.7 Å². The van der Waals surface area contributed by atoms with Gasteiger partial charge in [0.25, 0.3) is 0 Å². The number of rotatable bonds is 4. The smallest absolute Gasteiger partial charge is 0.337 e. The maximum atomic E-state index is 13.1. The summed E-state index contributed by atoms with van der Waals surface area (Å²) < 4.78 is 13.1. The molecule has 0 aromatic heterocycles. The number of likely N-dealkylation sites (tertiary alicyclic amines) is 1. The number of nitrogens with one attached hydrogen (secondary N) is 1. The molecule has 0 aliphatic carbocycles. The fourth-order valence-corrected chi connectivity index (χ4v) is 2.54. The first kappa shape index (κ1) is 13.8. The lowest BCUT2D eigenvalue weighted by atomic mass is 9.98. The molecule has 104 valence electrons. The average molecular weight is 266 g/mol. The van der Waals surface area contributed by atoms with Crippen LogP contribution in [0.15, 0.2) is 18.2 Å². The Kier molecular flexibility index (Phi) is 4.37. The number of hydrogen-bond donors (Lipinski definition) is 2. The Morgan fingerprint density at radius 2 is 2.37 bits per heavy atom. The number of halogens is 1. The summed E-state index contributed by atoms with van der Waals surface area (Å²) in [4.78, 5) is 13.3. The second-order valence-corrected chi connectivity index (χ2v) is 5.15. The summed E-state index contributed by atoms with van der Waals surface area (Å²) in [6, 6.07) is 3.82. The van der Waals surface area contributed by atoms with Crippen LogP contribution in [0.25, 0.3) is 0 Å². The highest BCUT2D eigenvalue weighted by atomic mass is 19.1. The molecular weight excluding hydrogens is 247 g/mol. The molecule has 1 heterocycles. The van der Waals surface area contributed by atoms with Crippen molar-refractivity contribution < 1.29 is 14.3 Å². The lowest BCUT2D eigenvalue weighted by Gasteiger charge is -2.30. The lowest BCUT2D eigenvalue weighted by molar-refractivity contribution is 0.0697. The van der Waals surface area contributed by atoms with E-state index in [2.05, 4.69) is 17.3 Å². The normalized spacial score (nSPS) is 20.2. The van der Waals surface area contributed by atoms with E-state index in [-0.39, 0.29) is 5.56 Å². The third kappa shape index (κ3) is 3.67. The van der Waals surface area contributed by atoms with Gasteiger partial charge in [0, 0.05) is 18.8 Å². The van der Waals surface area contributed by atoms with Crippen LogP contribution >= 0.6 is 0 Å². The number of piperidine rings is 1. The van der Waals surface area contributed by atoms with E-state index in [1.807, 2.05) is 0 Å². The summed E-state index contributed by atoms with van der Waals surface area (Å²) in [6.45, 7) is 2.85. The molecule has 1 unspecified atom stereocenters. The van der Waals surface area contributed by atoms with E-state index in [4.69, 9.17) is 5.11 Å². The van der Waals surface area contributed by atoms with Gasteiger partial charge < -0.3 is 15.3 Å². The van der Waals surface area contributed by atoms with E-state index in [0.717, 1.165) is 38.5 Å². The molecule has 0 spiro atoms. The second-order valence-electron chi connectivity index (χ2n) is 5.15. The minimum Gasteiger partial charge on any atom is -0.478 e. The van der Waals surface area contributed by atoms with Gasteiger partial charge in [-0.2, -0.15) is 0 Å². The van der Waals surface area contributed by atoms with Crippen molar-refractivity contribution in [2.24, 2.45) is 5.92 Å². The van der Waals surface area contributed by atoms with Crippen molar-refractivity contribution in [3.8, 4) is 0 Å². The fourth-order valence-electron chi connectivity index (χ4n) is 2.54. The molecule has 19 heavy (non-hydrogen) atoms. The predicted molar refractivity (Wildman–Crippen MR) is 72.1 cm³/mol. The van der Waals surface area contributed by atoms with Crippen molar-refractivity contribution in [3.63, 3.8) is 0 Å². The second kappa shape index (κ2) is 6.02. The molecule has 1 aliphatic rings. The highest BCUT2D eigenvalue weighted by molar-refractivity contribution is 5.94. The molecule has 1 saturated heterocycles. The van der Waals surface area contributed by atoms with Gasteiger partial charge in [0.15, 0.2) is 0 Å². The molecule has 2 N–H and O–H groups in total. The molecule has 5 heteroatoms. The number of carboxylic acids is 1. The first-order valence-corrected chi connectivity index (χ1v) is 6.51. The summed E-state index contributed by atoms with van der Waals surface area (Å²) in [5.41, 5.74) is 0.478. The Morgan fingerprint density at radius 3 is 3.05 bits per heavy atom. The Balaban J connectivity index is 2.01. The topological polar surface area (TPSA) is 52.6 Å². The SMILES string of the molecule is CN1CCCC(CNc2ccc(F)cc2C(=O)O)C1. The number of carbonyl (C=O) groups is 1. The van der Waals surface area contributed by atoms with E-state index in [1.165, 1.54) is 12.1 Å². The van der Waals surface area contributed by atoms with Crippen molar-refractivity contribution in [2.45, 2.75) is 12.8 Å². The Morgan fingerprint density at radius 1 is 1.58 bits per heavy atom. The van der Waals surface area contributed by atoms with Crippen molar-refractivity contribution in [1.29, 1.82) is 0 Å². The van der Waals surface area contributed by atoms with Gasteiger partial charge in [-0.1, -0.05) is 0 Å². The number of anilines is 1. The van der Waals surface area contributed by atoms with E-state index < -0.39 is 11.8 Å². The molecule has 0 bridgehead atoms. The molecule has 1 aromatic carbocycles. The predicted octanol–water partition coefficient (Wildman–Crippen LogP) is 2.28. The molecular formula is C14H19FN2O2. The Labute approximate surface area is 112 Å². The molecule has 1 atom stereocenters. The van der Waals surface area contributed by atoms with Crippen LogP contribution in [0.2, 0.25) is 0 Å². The molecule has 0 saturated carbocycles. The molecule has 1 aliphatic heterocycles. The third-order valence-electron chi connectivity index (χ3n) is 3.52. The zero-order valence-corrected chi connectivity index (χ0v) is 11.0. The van der Waals surface area contributed by atoms with Crippen LogP contribution in [0.5, 0.6) is 0 Å². The first-order chi connectivity index (χ1) is 9.06. The molecule has 1 aromatic rings. The van der Waals surface area contributed by atoms with Crippen molar-refractivity contribution in [2.75, 3.05) is 32.0 Å². The minimum atomic E-state index is -1.11. The molecule has 0 radical (unpaired) electrons. The van der Waals surface area contributed by atoms with Gasteiger partial charge >= 0.3 is 5.97 Å². The molecule has 2 rings (SSSR count). The molecule has 1 fully saturated rings. The number of aromatic carboxylic acids is 1. The van der Waals surface area contributed by atoms with Crippen LogP contribution < -0.4 is 5.32 Å². The van der Waals surface area contributed by atoms with Gasteiger partial charge in [-0.05, 0) is 50.6 Å². The van der Waals surface area contributed by atoms with E-state index in [9.17, 15) is 9.18 Å². The van der Waals surface area contributed by atoms with Crippen LogP contribution in [0.1, 0.15) is 23.2 Å². The van der Waals surface area contributed by atoms with Gasteiger partial charge in [-0.3, -0.25) is 0 Å². The summed E-state index contributed by atoms with van der Waals surface area (Å²) in [5.74, 6) is -1.13. The van der Waals surface area contributed by atoms with E-state index in [0.29, 0.717) is 11.6 Å². The maximum absolute atomic E-state index is 13.1. The zero-order chi connectivity index (χ0) is 13.8. The van der Waals surface area contributed by atoms with Crippen molar-refractivity contribution in [1.82, 2.24) is 4.90 Å². The van der Waals surface area contributed by atoms with Crippen LogP contribution in [0.3, 0.4) is 0 Å². The standard InChI is InChI=1S/C14H19FN2O2/c1-17-6-2-3-10(9-17)8-16-13-5-4-11(15)7-12(13)14(18)19/h4-5,7,10,16H,2-3,6,8-9H2,1H3,(H,18,19). The number of carboxylic acid groups (broad SMARTS) is 1. The number of benzene rings is 1. The average Bonchev–Trinajstić information content (AvgIpc) is 2.37. The molecule has 4 nitrogen and oxygen atoms in total. The van der Waals surface area contributed by atoms with Gasteiger partial charge in [0.05, 0.1) is 5.56 Å². The zero-order valence-electron chi connectivity index (χ0n) is 11.0. The van der Waals surface area contributed by atoms with Crippen molar-refractivity contribution >= 4 is 11.7 Å². The van der Waals surface area contributed by atoms with Crippen LogP contribution in [-0.4, -0.2) is 42.7 Å². The van der Waals surface area contributed by atoms with Gasteiger partial charge in [-0.15, -0.1) is 0 Å². The van der Waals surface area contributed by atoms with Crippen LogP contribution in [0.4, 0.5) is 10.1 Å². The lowest BCUT2D eigenvalue weighted by Crippen LogP contribution is -2.35. The summed E-state index contributed by atoms with van der Waals surface area (Å²) >= 11 is 0. The highest BCUT2D eigenvalue weighted by Crippen LogP contribution is 2.20. The van der Waals surface area contributed by atoms with Gasteiger partial charge in [0.1, 0.15) is 5.82 Å². The van der Waals surface area contributed by atoms with Gasteiger partial charge in [0.2, 0.25) is 0 Å². The Hall–Kier alpha value is -1.62. The third-order valence-corrected chi connectivity index (χ3v) is 3.52. The summed E-state index contributed by atoms with van der Waals surface area (Å²) in [6.07, 6.45) is 2.30. The number of nitrogens with zero attached hydrogens (tertiary/aromatic N) is 1. The molecule has 0 amide bonds.